The fraction of sp³-hybridized carbons (Fsp3) is 0.286. The van der Waals surface area contributed by atoms with Crippen molar-refractivity contribution in [3.63, 3.8) is 0 Å². The highest BCUT2D eigenvalue weighted by molar-refractivity contribution is 6.01. The summed E-state index contributed by atoms with van der Waals surface area (Å²) in [6.07, 6.45) is 1.44. The first-order valence-electron chi connectivity index (χ1n) is 8.82. The number of likely N-dealkylation sites (N-methyl/N-ethyl adjacent to an activating group) is 1. The van der Waals surface area contributed by atoms with Crippen LogP contribution in [0, 0.1) is 11.3 Å². The predicted molar refractivity (Wildman–Crippen MR) is 102 cm³/mol. The van der Waals surface area contributed by atoms with Crippen LogP contribution in [0.4, 0.5) is 0 Å². The van der Waals surface area contributed by atoms with Crippen molar-refractivity contribution in [3.8, 4) is 17.4 Å². The van der Waals surface area contributed by atoms with Crippen molar-refractivity contribution in [2.45, 2.75) is 20.8 Å². The minimum absolute atomic E-state index is 0.0252. The van der Waals surface area contributed by atoms with E-state index in [1.54, 1.807) is 48.2 Å². The number of amides is 1. The summed E-state index contributed by atoms with van der Waals surface area (Å²) in [5.74, 6) is 0.292. The second-order valence-electron chi connectivity index (χ2n) is 5.65. The lowest BCUT2D eigenvalue weighted by molar-refractivity contribution is -0.126. The average Bonchev–Trinajstić information content (AvgIpc) is 3.16. The van der Waals surface area contributed by atoms with Crippen LogP contribution >= 0.6 is 0 Å². The number of furan rings is 1. The first kappa shape index (κ1) is 20.0. The Kier molecular flexibility index (Phi) is 6.95. The molecule has 6 nitrogen and oxygen atoms in total. The number of nitriles is 1. The van der Waals surface area contributed by atoms with Crippen molar-refractivity contribution in [3.05, 3.63) is 53.3 Å². The van der Waals surface area contributed by atoms with Gasteiger partial charge in [-0.3, -0.25) is 4.79 Å². The van der Waals surface area contributed by atoms with Gasteiger partial charge in [0.1, 0.15) is 23.2 Å². The lowest BCUT2D eigenvalue weighted by Gasteiger charge is -2.17. The van der Waals surface area contributed by atoms with E-state index in [1.165, 1.54) is 6.08 Å². The van der Waals surface area contributed by atoms with Crippen LogP contribution in [-0.4, -0.2) is 36.5 Å². The Hall–Kier alpha value is -3.33. The van der Waals surface area contributed by atoms with E-state index in [9.17, 15) is 14.9 Å². The maximum Gasteiger partial charge on any atom is 0.338 e. The number of nitrogens with zero attached hydrogens (tertiary/aromatic N) is 2. The molecule has 1 aromatic carbocycles. The van der Waals surface area contributed by atoms with Crippen LogP contribution in [0.1, 0.15) is 36.9 Å². The maximum absolute atomic E-state index is 12.3. The first-order valence-corrected chi connectivity index (χ1v) is 8.82. The van der Waals surface area contributed by atoms with Gasteiger partial charge in [-0.15, -0.1) is 0 Å². The van der Waals surface area contributed by atoms with Gasteiger partial charge in [-0.1, -0.05) is 12.1 Å². The zero-order chi connectivity index (χ0) is 19.8. The van der Waals surface area contributed by atoms with Gasteiger partial charge in [0, 0.05) is 24.7 Å². The molecular weight excluding hydrogens is 344 g/mol. The normalized spacial score (nSPS) is 11.0. The highest BCUT2D eigenvalue weighted by Crippen LogP contribution is 2.24. The zero-order valence-corrected chi connectivity index (χ0v) is 15.7. The van der Waals surface area contributed by atoms with Crippen molar-refractivity contribution in [2.75, 3.05) is 19.7 Å². The summed E-state index contributed by atoms with van der Waals surface area (Å²) in [6.45, 7) is 6.87. The molecule has 0 spiro atoms. The van der Waals surface area contributed by atoms with Gasteiger partial charge in [-0.2, -0.15) is 5.26 Å². The van der Waals surface area contributed by atoms with Crippen molar-refractivity contribution < 1.29 is 18.7 Å². The Morgan fingerprint density at radius 2 is 1.78 bits per heavy atom. The van der Waals surface area contributed by atoms with Gasteiger partial charge in [0.25, 0.3) is 5.91 Å². The number of esters is 1. The molecule has 1 heterocycles. The summed E-state index contributed by atoms with van der Waals surface area (Å²) < 4.78 is 10.7. The molecule has 0 aliphatic rings. The first-order chi connectivity index (χ1) is 13.0. The monoisotopic (exact) mass is 366 g/mol. The summed E-state index contributed by atoms with van der Waals surface area (Å²) >= 11 is 0. The summed E-state index contributed by atoms with van der Waals surface area (Å²) in [4.78, 5) is 25.6. The average molecular weight is 366 g/mol. The molecule has 0 atom stereocenters. The lowest BCUT2D eigenvalue weighted by Crippen LogP contribution is -2.31. The van der Waals surface area contributed by atoms with E-state index < -0.39 is 0 Å². The number of ether oxygens (including phenoxy) is 1. The van der Waals surface area contributed by atoms with E-state index in [2.05, 4.69) is 0 Å². The molecule has 1 aromatic heterocycles. The second-order valence-corrected chi connectivity index (χ2v) is 5.65. The largest absolute Gasteiger partial charge is 0.462 e. The van der Waals surface area contributed by atoms with Crippen LogP contribution in [0.2, 0.25) is 0 Å². The summed E-state index contributed by atoms with van der Waals surface area (Å²) in [6, 6.07) is 12.2. The molecule has 140 valence electrons. The topological polar surface area (TPSA) is 83.5 Å². The number of rotatable bonds is 7. The van der Waals surface area contributed by atoms with Crippen LogP contribution < -0.4 is 0 Å². The van der Waals surface area contributed by atoms with Gasteiger partial charge in [0.15, 0.2) is 0 Å². The number of carbonyl (C=O) groups is 2. The zero-order valence-electron chi connectivity index (χ0n) is 15.7. The standard InChI is InChI=1S/C21H22N2O4/c1-4-23(5-2)20(24)17(14-22)13-18-11-12-19(27-18)15-7-9-16(10-8-15)21(25)26-6-3/h7-13H,4-6H2,1-3H3/b17-13+. The van der Waals surface area contributed by atoms with Crippen LogP contribution in [0.3, 0.4) is 0 Å². The van der Waals surface area contributed by atoms with E-state index in [1.807, 2.05) is 19.9 Å². The minimum atomic E-state index is -0.374. The third kappa shape index (κ3) is 4.85. The van der Waals surface area contributed by atoms with Crippen LogP contribution in [0.5, 0.6) is 0 Å². The molecule has 0 aliphatic heterocycles. The van der Waals surface area contributed by atoms with Crippen molar-refractivity contribution in [1.29, 1.82) is 5.26 Å². The van der Waals surface area contributed by atoms with E-state index >= 15 is 0 Å². The molecule has 2 rings (SSSR count). The number of benzene rings is 1. The summed E-state index contributed by atoms with van der Waals surface area (Å²) in [5, 5.41) is 9.30. The number of hydrogen-bond acceptors (Lipinski definition) is 5. The summed E-state index contributed by atoms with van der Waals surface area (Å²) in [7, 11) is 0. The van der Waals surface area contributed by atoms with Gasteiger partial charge in [-0.25, -0.2) is 4.79 Å². The summed E-state index contributed by atoms with van der Waals surface area (Å²) in [5.41, 5.74) is 1.26. The maximum atomic E-state index is 12.3. The Labute approximate surface area is 158 Å². The second kappa shape index (κ2) is 9.39. The number of carbonyl (C=O) groups excluding carboxylic acids is 2. The predicted octanol–water partition coefficient (Wildman–Crippen LogP) is 3.90. The Morgan fingerprint density at radius 3 is 2.33 bits per heavy atom. The molecule has 0 aliphatic carbocycles. The molecule has 0 saturated heterocycles. The minimum Gasteiger partial charge on any atom is -0.462 e. The molecule has 0 fully saturated rings. The van der Waals surface area contributed by atoms with Crippen molar-refractivity contribution >= 4 is 18.0 Å². The highest BCUT2D eigenvalue weighted by atomic mass is 16.5. The quantitative estimate of drug-likeness (QED) is 0.422. The molecule has 6 heteroatoms. The Bertz CT molecular complexity index is 868. The van der Waals surface area contributed by atoms with Crippen molar-refractivity contribution in [2.24, 2.45) is 0 Å². The fourth-order valence-electron chi connectivity index (χ4n) is 2.54. The SMILES string of the molecule is CCOC(=O)c1ccc(-c2ccc(/C=C(\C#N)C(=O)N(CC)CC)o2)cc1. The lowest BCUT2D eigenvalue weighted by atomic mass is 10.1. The third-order valence-corrected chi connectivity index (χ3v) is 4.00. The van der Waals surface area contributed by atoms with Gasteiger partial charge in [-0.05, 0) is 45.0 Å². The smallest absolute Gasteiger partial charge is 0.338 e. The highest BCUT2D eigenvalue weighted by Gasteiger charge is 2.16. The van der Waals surface area contributed by atoms with E-state index in [-0.39, 0.29) is 17.4 Å². The molecule has 0 N–H and O–H groups in total. The van der Waals surface area contributed by atoms with Crippen LogP contribution in [0.15, 0.2) is 46.4 Å². The van der Waals surface area contributed by atoms with Gasteiger partial charge >= 0.3 is 5.97 Å². The van der Waals surface area contributed by atoms with Crippen LogP contribution in [-0.2, 0) is 9.53 Å². The molecule has 0 bridgehead atoms. The molecule has 0 unspecified atom stereocenters. The third-order valence-electron chi connectivity index (χ3n) is 4.00. The van der Waals surface area contributed by atoms with E-state index in [4.69, 9.17) is 9.15 Å². The fourth-order valence-corrected chi connectivity index (χ4v) is 2.54. The molecule has 1 amide bonds. The molecular formula is C21H22N2O4. The van der Waals surface area contributed by atoms with Gasteiger partial charge in [0.2, 0.25) is 0 Å². The molecule has 2 aromatic rings. The van der Waals surface area contributed by atoms with Gasteiger partial charge in [0.05, 0.1) is 12.2 Å². The molecule has 0 radical (unpaired) electrons. The van der Waals surface area contributed by atoms with E-state index in [0.717, 1.165) is 5.56 Å². The van der Waals surface area contributed by atoms with E-state index in [0.29, 0.717) is 36.8 Å². The number of hydrogen-bond donors (Lipinski definition) is 0. The Morgan fingerprint density at radius 1 is 1.11 bits per heavy atom. The van der Waals surface area contributed by atoms with Crippen molar-refractivity contribution in [1.82, 2.24) is 4.90 Å². The molecule has 0 saturated carbocycles. The molecule has 27 heavy (non-hydrogen) atoms. The van der Waals surface area contributed by atoms with Crippen LogP contribution in [0.25, 0.3) is 17.4 Å². The van der Waals surface area contributed by atoms with Gasteiger partial charge < -0.3 is 14.1 Å². The Balaban J connectivity index is 2.22.